The fraction of sp³-hybridized carbons (Fsp3) is 0.389. The maximum atomic E-state index is 11.4. The molecule has 0 spiro atoms. The van der Waals surface area contributed by atoms with Crippen LogP contribution in [-0.4, -0.2) is 11.6 Å². The van der Waals surface area contributed by atoms with Crippen LogP contribution >= 0.6 is 0 Å². The predicted octanol–water partition coefficient (Wildman–Crippen LogP) is 3.47. The van der Waals surface area contributed by atoms with Crippen LogP contribution in [0.3, 0.4) is 0 Å². The van der Waals surface area contributed by atoms with Crippen molar-refractivity contribution in [2.45, 2.75) is 38.2 Å². The molecule has 104 valence electrons. The number of carbonyl (C=O) groups excluding carboxylic acids is 1. The molecule has 0 saturated heterocycles. The maximum absolute atomic E-state index is 11.4. The molecule has 0 saturated carbocycles. The molecule has 1 aliphatic rings. The molecule has 0 bridgehead atoms. The average molecular weight is 268 g/mol. The van der Waals surface area contributed by atoms with Crippen LogP contribution in [0.2, 0.25) is 0 Å². The van der Waals surface area contributed by atoms with Crippen LogP contribution in [0.1, 0.15) is 37.3 Å². The van der Waals surface area contributed by atoms with Gasteiger partial charge >= 0.3 is 5.97 Å². The van der Waals surface area contributed by atoms with Crippen molar-refractivity contribution in [3.05, 3.63) is 48.0 Å². The van der Waals surface area contributed by atoms with Crippen LogP contribution in [0.5, 0.6) is 0 Å². The van der Waals surface area contributed by atoms with E-state index in [0.29, 0.717) is 0 Å². The van der Waals surface area contributed by atoms with Gasteiger partial charge in [-0.3, -0.25) is 4.79 Å². The number of carbonyl (C=O) groups is 1. The quantitative estimate of drug-likeness (QED) is 0.476. The summed E-state index contributed by atoms with van der Waals surface area (Å²) in [7, 11) is 0. The molecule has 0 amide bonds. The minimum absolute atomic E-state index is 0.0427. The summed E-state index contributed by atoms with van der Waals surface area (Å²) >= 11 is 0. The standard InChI is InChI=1S/C18H20O2/c1-5-14-11-12-15-9-7-8-10-16(15)17(14)18(4,6-2)20-13(3)19/h2,5,7-10,14,17H,1,11-12H2,3-4H3/t14-,17+,18?/m1/s1. The average Bonchev–Trinajstić information content (AvgIpc) is 2.45. The second kappa shape index (κ2) is 5.54. The highest BCUT2D eigenvalue weighted by Crippen LogP contribution is 2.44. The Hall–Kier alpha value is -2.01. The van der Waals surface area contributed by atoms with E-state index < -0.39 is 5.60 Å². The summed E-state index contributed by atoms with van der Waals surface area (Å²) in [5.41, 5.74) is 1.51. The van der Waals surface area contributed by atoms with E-state index in [-0.39, 0.29) is 17.8 Å². The number of esters is 1. The molecule has 1 aromatic carbocycles. The van der Waals surface area contributed by atoms with Crippen molar-refractivity contribution in [1.29, 1.82) is 0 Å². The number of rotatable bonds is 3. The van der Waals surface area contributed by atoms with Crippen LogP contribution in [0.25, 0.3) is 0 Å². The molecule has 0 fully saturated rings. The van der Waals surface area contributed by atoms with Gasteiger partial charge in [0.25, 0.3) is 0 Å². The van der Waals surface area contributed by atoms with Crippen molar-refractivity contribution in [1.82, 2.24) is 0 Å². The number of ether oxygens (including phenoxy) is 1. The van der Waals surface area contributed by atoms with Crippen molar-refractivity contribution < 1.29 is 9.53 Å². The number of allylic oxidation sites excluding steroid dienone is 1. The number of fused-ring (bicyclic) bond motifs is 1. The fourth-order valence-electron chi connectivity index (χ4n) is 3.23. The monoisotopic (exact) mass is 268 g/mol. The Balaban J connectivity index is 2.53. The van der Waals surface area contributed by atoms with Crippen LogP contribution in [-0.2, 0) is 16.0 Å². The smallest absolute Gasteiger partial charge is 0.304 e. The molecule has 2 heteroatoms. The van der Waals surface area contributed by atoms with E-state index in [2.05, 4.69) is 24.6 Å². The molecule has 0 N–H and O–H groups in total. The molecule has 0 radical (unpaired) electrons. The topological polar surface area (TPSA) is 26.3 Å². The maximum Gasteiger partial charge on any atom is 0.304 e. The highest BCUT2D eigenvalue weighted by Gasteiger charge is 2.43. The van der Waals surface area contributed by atoms with E-state index in [9.17, 15) is 4.79 Å². The van der Waals surface area contributed by atoms with Gasteiger partial charge in [-0.2, -0.15) is 0 Å². The number of aryl methyl sites for hydroxylation is 1. The Morgan fingerprint density at radius 3 is 2.85 bits per heavy atom. The lowest BCUT2D eigenvalue weighted by molar-refractivity contribution is -0.152. The van der Waals surface area contributed by atoms with Gasteiger partial charge < -0.3 is 4.74 Å². The normalized spacial score (nSPS) is 23.9. The third-order valence-corrected chi connectivity index (χ3v) is 4.10. The van der Waals surface area contributed by atoms with E-state index >= 15 is 0 Å². The SMILES string of the molecule is C#CC(C)(OC(C)=O)[C@@H]1c2ccccc2CC[C@H]1C=C. The van der Waals surface area contributed by atoms with E-state index in [4.69, 9.17) is 11.2 Å². The van der Waals surface area contributed by atoms with Gasteiger partial charge in [-0.1, -0.05) is 36.3 Å². The minimum Gasteiger partial charge on any atom is -0.446 e. The van der Waals surface area contributed by atoms with Crippen LogP contribution < -0.4 is 0 Å². The lowest BCUT2D eigenvalue weighted by Gasteiger charge is -2.40. The van der Waals surface area contributed by atoms with Crippen molar-refractivity contribution in [2.24, 2.45) is 5.92 Å². The third-order valence-electron chi connectivity index (χ3n) is 4.10. The van der Waals surface area contributed by atoms with E-state index in [1.165, 1.54) is 18.1 Å². The zero-order valence-corrected chi connectivity index (χ0v) is 12.1. The van der Waals surface area contributed by atoms with Gasteiger partial charge in [-0.15, -0.1) is 13.0 Å². The van der Waals surface area contributed by atoms with E-state index in [1.54, 1.807) is 0 Å². The summed E-state index contributed by atoms with van der Waals surface area (Å²) in [6.07, 6.45) is 9.61. The molecular formula is C18H20O2. The van der Waals surface area contributed by atoms with Crippen molar-refractivity contribution in [3.63, 3.8) is 0 Å². The van der Waals surface area contributed by atoms with Gasteiger partial charge in [-0.05, 0) is 36.8 Å². The molecule has 1 unspecified atom stereocenters. The first-order valence-corrected chi connectivity index (χ1v) is 6.89. The second-order valence-electron chi connectivity index (χ2n) is 5.46. The zero-order chi connectivity index (χ0) is 14.8. The molecule has 20 heavy (non-hydrogen) atoms. The largest absolute Gasteiger partial charge is 0.446 e. The second-order valence-corrected chi connectivity index (χ2v) is 5.46. The molecule has 1 aliphatic carbocycles. The Morgan fingerprint density at radius 1 is 1.55 bits per heavy atom. The molecule has 0 aliphatic heterocycles. The Morgan fingerprint density at radius 2 is 2.25 bits per heavy atom. The van der Waals surface area contributed by atoms with E-state index in [0.717, 1.165) is 12.8 Å². The minimum atomic E-state index is -0.943. The fourth-order valence-corrected chi connectivity index (χ4v) is 3.23. The van der Waals surface area contributed by atoms with Gasteiger partial charge in [-0.25, -0.2) is 0 Å². The number of hydrogen-bond donors (Lipinski definition) is 0. The van der Waals surface area contributed by atoms with Crippen molar-refractivity contribution >= 4 is 5.97 Å². The summed E-state index contributed by atoms with van der Waals surface area (Å²) in [6, 6.07) is 8.23. The molecule has 3 atom stereocenters. The van der Waals surface area contributed by atoms with Crippen LogP contribution in [0, 0.1) is 18.3 Å². The molecular weight excluding hydrogens is 248 g/mol. The summed E-state index contributed by atoms with van der Waals surface area (Å²) in [5.74, 6) is 2.51. The number of terminal acetylenes is 1. The Kier molecular flexibility index (Phi) is 3.99. The Bertz CT molecular complexity index is 567. The van der Waals surface area contributed by atoms with Crippen molar-refractivity contribution in [3.8, 4) is 12.3 Å². The summed E-state index contributed by atoms with van der Waals surface area (Å²) in [6.45, 7) is 7.14. The predicted molar refractivity (Wildman–Crippen MR) is 80.2 cm³/mol. The lowest BCUT2D eigenvalue weighted by Crippen LogP contribution is -2.41. The Labute approximate surface area is 120 Å². The third kappa shape index (κ3) is 2.49. The molecule has 2 rings (SSSR count). The number of hydrogen-bond acceptors (Lipinski definition) is 2. The first kappa shape index (κ1) is 14.4. The molecule has 0 aromatic heterocycles. The van der Waals surface area contributed by atoms with Gasteiger partial charge in [0, 0.05) is 12.8 Å². The molecule has 0 heterocycles. The molecule has 1 aromatic rings. The van der Waals surface area contributed by atoms with Gasteiger partial charge in [0.1, 0.15) is 0 Å². The number of benzene rings is 1. The van der Waals surface area contributed by atoms with E-state index in [1.807, 2.05) is 25.1 Å². The first-order chi connectivity index (χ1) is 9.51. The highest BCUT2D eigenvalue weighted by atomic mass is 16.6. The van der Waals surface area contributed by atoms with Gasteiger partial charge in [0.05, 0.1) is 0 Å². The summed E-state index contributed by atoms with van der Waals surface area (Å²) in [5, 5.41) is 0. The summed E-state index contributed by atoms with van der Waals surface area (Å²) in [4.78, 5) is 11.4. The van der Waals surface area contributed by atoms with Crippen LogP contribution in [0.4, 0.5) is 0 Å². The van der Waals surface area contributed by atoms with Crippen molar-refractivity contribution in [2.75, 3.05) is 0 Å². The summed E-state index contributed by atoms with van der Waals surface area (Å²) < 4.78 is 5.49. The zero-order valence-electron chi connectivity index (χ0n) is 12.1. The molecule has 2 nitrogen and oxygen atoms in total. The first-order valence-electron chi connectivity index (χ1n) is 6.89. The van der Waals surface area contributed by atoms with Crippen LogP contribution in [0.15, 0.2) is 36.9 Å². The highest BCUT2D eigenvalue weighted by molar-refractivity contribution is 5.67. The van der Waals surface area contributed by atoms with Gasteiger partial charge in [0.2, 0.25) is 0 Å². The van der Waals surface area contributed by atoms with Gasteiger partial charge in [0.15, 0.2) is 5.60 Å². The lowest BCUT2D eigenvalue weighted by atomic mass is 9.68.